The summed E-state index contributed by atoms with van der Waals surface area (Å²) in [4.78, 5) is 18.2. The first kappa shape index (κ1) is 17.8. The van der Waals surface area contributed by atoms with Gasteiger partial charge in [-0.2, -0.15) is 0 Å². The molecule has 0 spiro atoms. The number of nitrogens with one attached hydrogen (secondary N) is 1. The summed E-state index contributed by atoms with van der Waals surface area (Å²) in [6, 6.07) is 7.80. The fraction of sp³-hybridized carbons (Fsp3) is 0.100. The first-order valence-corrected chi connectivity index (χ1v) is 8.44. The molecule has 2 amide bonds. The number of hydrogen-bond donors (Lipinski definition) is 2. The maximum absolute atomic E-state index is 13.5. The van der Waals surface area contributed by atoms with Gasteiger partial charge in [-0.3, -0.25) is 4.98 Å². The van der Waals surface area contributed by atoms with Gasteiger partial charge in [0.25, 0.3) is 0 Å². The van der Waals surface area contributed by atoms with Crippen molar-refractivity contribution in [1.82, 2.24) is 9.88 Å². The molecule has 0 radical (unpaired) electrons. The Morgan fingerprint density at radius 1 is 1.00 bits per heavy atom. The second-order valence-corrected chi connectivity index (χ2v) is 6.49. The van der Waals surface area contributed by atoms with E-state index >= 15 is 0 Å². The van der Waals surface area contributed by atoms with Crippen LogP contribution in [0.5, 0.6) is 0 Å². The van der Waals surface area contributed by atoms with Crippen molar-refractivity contribution in [2.45, 2.75) is 13.1 Å². The lowest BCUT2D eigenvalue weighted by molar-refractivity contribution is 0.212. The van der Waals surface area contributed by atoms with Crippen molar-refractivity contribution in [3.63, 3.8) is 0 Å². The smallest absolute Gasteiger partial charge is 0.322 e. The van der Waals surface area contributed by atoms with Gasteiger partial charge < -0.3 is 16.0 Å². The van der Waals surface area contributed by atoms with Crippen LogP contribution in [0.3, 0.4) is 0 Å². The zero-order chi connectivity index (χ0) is 19.8. The topological polar surface area (TPSA) is 71.2 Å². The highest BCUT2D eigenvalue weighted by Gasteiger charge is 2.24. The highest BCUT2D eigenvalue weighted by atomic mass is 19.2. The van der Waals surface area contributed by atoms with E-state index in [0.717, 1.165) is 23.3 Å². The molecular weight excluding hydrogens is 369 g/mol. The molecule has 1 aromatic heterocycles. The molecule has 4 rings (SSSR count). The van der Waals surface area contributed by atoms with Gasteiger partial charge in [-0.1, -0.05) is 6.07 Å². The molecule has 0 bridgehead atoms. The van der Waals surface area contributed by atoms with E-state index in [-0.39, 0.29) is 11.6 Å². The predicted octanol–water partition coefficient (Wildman–Crippen LogP) is 4.30. The molecule has 3 aromatic rings. The lowest BCUT2D eigenvalue weighted by atomic mass is 10.0. The quantitative estimate of drug-likeness (QED) is 0.511. The van der Waals surface area contributed by atoms with Gasteiger partial charge in [0.1, 0.15) is 0 Å². The molecule has 0 aliphatic carbocycles. The van der Waals surface area contributed by atoms with Gasteiger partial charge in [-0.05, 0) is 52.6 Å². The molecule has 142 valence electrons. The monoisotopic (exact) mass is 384 g/mol. The van der Waals surface area contributed by atoms with Gasteiger partial charge in [0.15, 0.2) is 17.5 Å². The van der Waals surface area contributed by atoms with Gasteiger partial charge in [0.2, 0.25) is 0 Å². The summed E-state index contributed by atoms with van der Waals surface area (Å²) in [6.45, 7) is 0.862. The number of aromatic nitrogens is 1. The van der Waals surface area contributed by atoms with Crippen molar-refractivity contribution in [1.29, 1.82) is 0 Å². The second kappa shape index (κ2) is 6.88. The lowest BCUT2D eigenvalue weighted by Crippen LogP contribution is -2.30. The Hall–Kier alpha value is -3.55. The van der Waals surface area contributed by atoms with Crippen molar-refractivity contribution in [2.24, 2.45) is 0 Å². The maximum Gasteiger partial charge on any atom is 0.322 e. The predicted molar refractivity (Wildman–Crippen MR) is 98.7 cm³/mol. The molecule has 8 heteroatoms. The molecule has 1 aliphatic rings. The molecular formula is C20H15F3N4O. The van der Waals surface area contributed by atoms with Crippen LogP contribution in [0.25, 0.3) is 11.1 Å². The van der Waals surface area contributed by atoms with E-state index in [1.54, 1.807) is 17.3 Å². The van der Waals surface area contributed by atoms with Crippen LogP contribution in [0, 0.1) is 17.5 Å². The number of benzene rings is 2. The third-order valence-corrected chi connectivity index (χ3v) is 4.63. The highest BCUT2D eigenvalue weighted by molar-refractivity contribution is 5.94. The number of nitrogen functional groups attached to an aromatic ring is 1. The van der Waals surface area contributed by atoms with Crippen molar-refractivity contribution in [3.05, 3.63) is 77.4 Å². The first-order valence-electron chi connectivity index (χ1n) is 8.44. The van der Waals surface area contributed by atoms with Crippen LogP contribution in [0.4, 0.5) is 29.3 Å². The van der Waals surface area contributed by atoms with Crippen molar-refractivity contribution < 1.29 is 18.0 Å². The normalized spacial score (nSPS) is 12.8. The minimum absolute atomic E-state index is 0.131. The van der Waals surface area contributed by atoms with E-state index in [2.05, 4.69) is 10.3 Å². The fourth-order valence-corrected chi connectivity index (χ4v) is 3.12. The third kappa shape index (κ3) is 3.24. The lowest BCUT2D eigenvalue weighted by Gasteiger charge is -2.18. The molecule has 28 heavy (non-hydrogen) atoms. The molecule has 0 unspecified atom stereocenters. The van der Waals surface area contributed by atoms with Crippen molar-refractivity contribution in [3.8, 4) is 11.1 Å². The number of carbonyl (C=O) groups is 1. The second-order valence-electron chi connectivity index (χ2n) is 6.49. The number of rotatable bonds is 2. The number of carbonyl (C=O) groups excluding carboxylic acids is 1. The Kier molecular flexibility index (Phi) is 4.38. The number of halogens is 3. The summed E-state index contributed by atoms with van der Waals surface area (Å²) >= 11 is 0. The minimum atomic E-state index is -1.53. The summed E-state index contributed by atoms with van der Waals surface area (Å²) in [7, 11) is 0. The van der Waals surface area contributed by atoms with E-state index in [1.807, 2.05) is 6.07 Å². The van der Waals surface area contributed by atoms with Crippen LogP contribution in [0.2, 0.25) is 0 Å². The molecule has 0 saturated carbocycles. The summed E-state index contributed by atoms with van der Waals surface area (Å²) < 4.78 is 40.2. The Labute approximate surface area is 158 Å². The summed E-state index contributed by atoms with van der Waals surface area (Å²) in [5, 5.41) is 2.72. The van der Waals surface area contributed by atoms with Gasteiger partial charge >= 0.3 is 6.03 Å². The number of pyridine rings is 1. The standard InChI is InChI=1S/C20H15F3N4O/c21-15-5-13(6-16(22)19(15)23)11-1-2-17(24)18(7-11)26-20(28)27-9-12-3-4-25-8-14(12)10-27/h1-8H,9-10,24H2,(H,26,28). The van der Waals surface area contributed by atoms with Gasteiger partial charge in [0.05, 0.1) is 11.4 Å². The third-order valence-electron chi connectivity index (χ3n) is 4.63. The van der Waals surface area contributed by atoms with Crippen LogP contribution >= 0.6 is 0 Å². The van der Waals surface area contributed by atoms with E-state index < -0.39 is 17.5 Å². The van der Waals surface area contributed by atoms with Crippen LogP contribution in [0.15, 0.2) is 48.8 Å². The molecule has 0 saturated heterocycles. The number of nitrogens with two attached hydrogens (primary N) is 1. The van der Waals surface area contributed by atoms with Crippen LogP contribution in [-0.4, -0.2) is 15.9 Å². The number of hydrogen-bond acceptors (Lipinski definition) is 3. The molecule has 2 heterocycles. The van der Waals surface area contributed by atoms with Gasteiger partial charge in [0, 0.05) is 25.5 Å². The molecule has 0 atom stereocenters. The number of fused-ring (bicyclic) bond motifs is 1. The van der Waals surface area contributed by atoms with E-state index in [0.29, 0.717) is 30.0 Å². The highest BCUT2D eigenvalue weighted by Crippen LogP contribution is 2.30. The maximum atomic E-state index is 13.5. The summed E-state index contributed by atoms with van der Waals surface area (Å²) in [6.07, 6.45) is 3.39. The number of nitrogens with zero attached hydrogens (tertiary/aromatic N) is 2. The van der Waals surface area contributed by atoms with E-state index in [4.69, 9.17) is 5.73 Å². The fourth-order valence-electron chi connectivity index (χ4n) is 3.12. The van der Waals surface area contributed by atoms with Crippen LogP contribution < -0.4 is 11.1 Å². The van der Waals surface area contributed by atoms with Gasteiger partial charge in [-0.15, -0.1) is 0 Å². The minimum Gasteiger partial charge on any atom is -0.397 e. The average molecular weight is 384 g/mol. The first-order chi connectivity index (χ1) is 13.4. The zero-order valence-electron chi connectivity index (χ0n) is 14.5. The molecule has 2 aromatic carbocycles. The Balaban J connectivity index is 1.58. The van der Waals surface area contributed by atoms with Crippen molar-refractivity contribution in [2.75, 3.05) is 11.1 Å². The zero-order valence-corrected chi connectivity index (χ0v) is 14.5. The molecule has 1 aliphatic heterocycles. The Morgan fingerprint density at radius 3 is 2.43 bits per heavy atom. The SMILES string of the molecule is Nc1ccc(-c2cc(F)c(F)c(F)c2)cc1NC(=O)N1Cc2ccncc2C1. The number of amides is 2. The summed E-state index contributed by atoms with van der Waals surface area (Å²) in [5.41, 5.74) is 9.02. The van der Waals surface area contributed by atoms with Crippen LogP contribution in [0.1, 0.15) is 11.1 Å². The molecule has 3 N–H and O–H groups in total. The van der Waals surface area contributed by atoms with Crippen molar-refractivity contribution >= 4 is 17.4 Å². The largest absolute Gasteiger partial charge is 0.397 e. The Bertz CT molecular complexity index is 1040. The number of urea groups is 1. The molecule has 0 fully saturated rings. The van der Waals surface area contributed by atoms with Crippen LogP contribution in [-0.2, 0) is 13.1 Å². The summed E-state index contributed by atoms with van der Waals surface area (Å²) in [5.74, 6) is -4.11. The average Bonchev–Trinajstić information content (AvgIpc) is 3.12. The molecule has 5 nitrogen and oxygen atoms in total. The van der Waals surface area contributed by atoms with Gasteiger partial charge in [-0.25, -0.2) is 18.0 Å². The Morgan fingerprint density at radius 2 is 1.71 bits per heavy atom. The van der Waals surface area contributed by atoms with E-state index in [9.17, 15) is 18.0 Å². The van der Waals surface area contributed by atoms with E-state index in [1.165, 1.54) is 18.2 Å². The number of anilines is 2.